The van der Waals surface area contributed by atoms with Crippen LogP contribution in [0.4, 0.5) is 0 Å². The van der Waals surface area contributed by atoms with E-state index in [4.69, 9.17) is 0 Å². The fourth-order valence-electron chi connectivity index (χ4n) is 2.55. The maximum absolute atomic E-state index is 11.5. The highest BCUT2D eigenvalue weighted by Crippen LogP contribution is 2.20. The summed E-state index contributed by atoms with van der Waals surface area (Å²) in [4.78, 5) is 13.9. The molecule has 1 aliphatic rings. The summed E-state index contributed by atoms with van der Waals surface area (Å²) in [6.45, 7) is 5.59. The van der Waals surface area contributed by atoms with Gasteiger partial charge in [0.1, 0.15) is 0 Å². The molecule has 1 saturated heterocycles. The SMILES string of the molecule is CC(O)C1CCN(CCn2ccccc2=O)CC1. The molecule has 0 aromatic carbocycles. The first-order valence-electron chi connectivity index (χ1n) is 6.72. The number of piperidine rings is 1. The summed E-state index contributed by atoms with van der Waals surface area (Å²) in [5.74, 6) is 0.445. The summed E-state index contributed by atoms with van der Waals surface area (Å²) in [7, 11) is 0. The molecule has 1 aliphatic heterocycles. The zero-order valence-corrected chi connectivity index (χ0v) is 11.0. The van der Waals surface area contributed by atoms with Gasteiger partial charge in [-0.15, -0.1) is 0 Å². The Morgan fingerprint density at radius 1 is 1.33 bits per heavy atom. The highest BCUT2D eigenvalue weighted by molar-refractivity contribution is 4.93. The van der Waals surface area contributed by atoms with Crippen LogP contribution in [0.5, 0.6) is 0 Å². The van der Waals surface area contributed by atoms with Crippen molar-refractivity contribution in [2.75, 3.05) is 19.6 Å². The first kappa shape index (κ1) is 13.3. The molecule has 4 nitrogen and oxygen atoms in total. The van der Waals surface area contributed by atoms with Crippen molar-refractivity contribution in [1.29, 1.82) is 0 Å². The number of aliphatic hydroxyl groups excluding tert-OH is 1. The number of nitrogens with zero attached hydrogens (tertiary/aromatic N) is 2. The van der Waals surface area contributed by atoms with Crippen molar-refractivity contribution in [3.05, 3.63) is 34.7 Å². The first-order valence-corrected chi connectivity index (χ1v) is 6.72. The predicted octanol–water partition coefficient (Wildman–Crippen LogP) is 0.941. The molecule has 0 amide bonds. The Balaban J connectivity index is 1.79. The minimum atomic E-state index is -0.191. The minimum Gasteiger partial charge on any atom is -0.393 e. The van der Waals surface area contributed by atoms with Crippen LogP contribution >= 0.6 is 0 Å². The molecular weight excluding hydrogens is 228 g/mol. The van der Waals surface area contributed by atoms with Gasteiger partial charge < -0.3 is 14.6 Å². The van der Waals surface area contributed by atoms with E-state index in [0.29, 0.717) is 5.92 Å². The summed E-state index contributed by atoms with van der Waals surface area (Å²) in [6.07, 6.45) is 3.76. The maximum Gasteiger partial charge on any atom is 0.250 e. The van der Waals surface area contributed by atoms with Gasteiger partial charge in [-0.2, -0.15) is 0 Å². The average Bonchev–Trinajstić information content (AvgIpc) is 2.38. The third kappa shape index (κ3) is 3.43. The molecule has 2 heterocycles. The number of rotatable bonds is 4. The molecule has 0 bridgehead atoms. The van der Waals surface area contributed by atoms with Crippen molar-refractivity contribution in [1.82, 2.24) is 9.47 Å². The van der Waals surface area contributed by atoms with E-state index in [9.17, 15) is 9.90 Å². The molecule has 1 N–H and O–H groups in total. The van der Waals surface area contributed by atoms with E-state index >= 15 is 0 Å². The van der Waals surface area contributed by atoms with Crippen molar-refractivity contribution in [3.8, 4) is 0 Å². The highest BCUT2D eigenvalue weighted by atomic mass is 16.3. The third-order valence-electron chi connectivity index (χ3n) is 3.87. The number of pyridine rings is 1. The van der Waals surface area contributed by atoms with E-state index in [1.54, 1.807) is 16.7 Å². The number of likely N-dealkylation sites (tertiary alicyclic amines) is 1. The predicted molar refractivity (Wildman–Crippen MR) is 71.5 cm³/mol. The molecule has 0 aliphatic carbocycles. The summed E-state index contributed by atoms with van der Waals surface area (Å²) in [5, 5.41) is 9.54. The lowest BCUT2D eigenvalue weighted by molar-refractivity contribution is 0.0707. The lowest BCUT2D eigenvalue weighted by Crippen LogP contribution is -2.39. The van der Waals surface area contributed by atoms with Gasteiger partial charge in [-0.3, -0.25) is 4.79 Å². The van der Waals surface area contributed by atoms with Gasteiger partial charge in [-0.25, -0.2) is 0 Å². The quantitative estimate of drug-likeness (QED) is 0.865. The van der Waals surface area contributed by atoms with E-state index < -0.39 is 0 Å². The van der Waals surface area contributed by atoms with Crippen molar-refractivity contribution in [3.63, 3.8) is 0 Å². The zero-order chi connectivity index (χ0) is 13.0. The minimum absolute atomic E-state index is 0.0661. The fourth-order valence-corrected chi connectivity index (χ4v) is 2.55. The van der Waals surface area contributed by atoms with E-state index in [0.717, 1.165) is 39.0 Å². The second kappa shape index (κ2) is 6.16. The third-order valence-corrected chi connectivity index (χ3v) is 3.87. The van der Waals surface area contributed by atoms with Gasteiger partial charge >= 0.3 is 0 Å². The van der Waals surface area contributed by atoms with Gasteiger partial charge in [0, 0.05) is 25.4 Å². The Hall–Kier alpha value is -1.13. The monoisotopic (exact) mass is 250 g/mol. The number of hydrogen-bond donors (Lipinski definition) is 1. The van der Waals surface area contributed by atoms with Crippen LogP contribution in [-0.2, 0) is 6.54 Å². The largest absolute Gasteiger partial charge is 0.393 e. The van der Waals surface area contributed by atoms with Crippen molar-refractivity contribution >= 4 is 0 Å². The molecule has 1 aromatic rings. The van der Waals surface area contributed by atoms with E-state index in [1.165, 1.54) is 0 Å². The molecule has 1 unspecified atom stereocenters. The number of hydrogen-bond acceptors (Lipinski definition) is 3. The molecule has 0 radical (unpaired) electrons. The Bertz CT molecular complexity index is 420. The Kier molecular flexibility index (Phi) is 4.55. The highest BCUT2D eigenvalue weighted by Gasteiger charge is 2.22. The van der Waals surface area contributed by atoms with E-state index in [2.05, 4.69) is 4.90 Å². The molecule has 100 valence electrons. The number of aromatic nitrogens is 1. The van der Waals surface area contributed by atoms with E-state index in [1.807, 2.05) is 19.2 Å². The van der Waals surface area contributed by atoms with Crippen LogP contribution in [0.2, 0.25) is 0 Å². The summed E-state index contributed by atoms with van der Waals surface area (Å²) >= 11 is 0. The van der Waals surface area contributed by atoms with Gasteiger partial charge in [-0.1, -0.05) is 6.07 Å². The first-order chi connectivity index (χ1) is 8.66. The van der Waals surface area contributed by atoms with Crippen LogP contribution < -0.4 is 5.56 Å². The molecule has 4 heteroatoms. The van der Waals surface area contributed by atoms with Crippen LogP contribution in [0.3, 0.4) is 0 Å². The van der Waals surface area contributed by atoms with Crippen LogP contribution in [0, 0.1) is 5.92 Å². The number of aliphatic hydroxyl groups is 1. The molecule has 0 spiro atoms. The van der Waals surface area contributed by atoms with Gasteiger partial charge in [0.15, 0.2) is 0 Å². The summed E-state index contributed by atoms with van der Waals surface area (Å²) < 4.78 is 1.75. The lowest BCUT2D eigenvalue weighted by Gasteiger charge is -2.33. The second-order valence-corrected chi connectivity index (χ2v) is 5.15. The maximum atomic E-state index is 11.5. The van der Waals surface area contributed by atoms with E-state index in [-0.39, 0.29) is 11.7 Å². The molecular formula is C14H22N2O2. The van der Waals surface area contributed by atoms with Crippen molar-refractivity contribution < 1.29 is 5.11 Å². The Morgan fingerprint density at radius 2 is 2.06 bits per heavy atom. The lowest BCUT2D eigenvalue weighted by atomic mass is 9.92. The zero-order valence-electron chi connectivity index (χ0n) is 11.0. The normalized spacial score (nSPS) is 19.9. The Labute approximate surface area is 108 Å². The molecule has 1 aromatic heterocycles. The average molecular weight is 250 g/mol. The van der Waals surface area contributed by atoms with Gasteiger partial charge in [0.2, 0.25) is 0 Å². The standard InChI is InChI=1S/C14H22N2O2/c1-12(17)13-5-8-15(9-6-13)10-11-16-7-3-2-4-14(16)18/h2-4,7,12-13,17H,5-6,8-11H2,1H3. The molecule has 1 fully saturated rings. The smallest absolute Gasteiger partial charge is 0.250 e. The molecule has 1 atom stereocenters. The molecule has 18 heavy (non-hydrogen) atoms. The van der Waals surface area contributed by atoms with Crippen molar-refractivity contribution in [2.45, 2.75) is 32.4 Å². The second-order valence-electron chi connectivity index (χ2n) is 5.15. The Morgan fingerprint density at radius 3 is 2.67 bits per heavy atom. The van der Waals surface area contributed by atoms with Crippen LogP contribution in [-0.4, -0.2) is 40.3 Å². The van der Waals surface area contributed by atoms with Gasteiger partial charge in [0.25, 0.3) is 5.56 Å². The van der Waals surface area contributed by atoms with Crippen LogP contribution in [0.15, 0.2) is 29.2 Å². The summed E-state index contributed by atoms with van der Waals surface area (Å²) in [5.41, 5.74) is 0.0661. The topological polar surface area (TPSA) is 45.5 Å². The molecule has 0 saturated carbocycles. The van der Waals surface area contributed by atoms with Crippen molar-refractivity contribution in [2.24, 2.45) is 5.92 Å². The van der Waals surface area contributed by atoms with Crippen LogP contribution in [0.25, 0.3) is 0 Å². The van der Waals surface area contributed by atoms with Gasteiger partial charge in [-0.05, 0) is 44.8 Å². The molecule has 2 rings (SSSR count). The fraction of sp³-hybridized carbons (Fsp3) is 0.643. The van der Waals surface area contributed by atoms with Gasteiger partial charge in [0.05, 0.1) is 6.10 Å². The van der Waals surface area contributed by atoms with Crippen LogP contribution in [0.1, 0.15) is 19.8 Å². The summed E-state index contributed by atoms with van der Waals surface area (Å²) in [6, 6.07) is 5.26.